The predicted molar refractivity (Wildman–Crippen MR) is 63.7 cm³/mol. The molecule has 0 fully saturated rings. The number of aliphatic hydroxyl groups excluding tert-OH is 1. The molecular formula is C13H20O3. The van der Waals surface area contributed by atoms with Crippen molar-refractivity contribution in [1.29, 1.82) is 0 Å². The third-order valence-electron chi connectivity index (χ3n) is 2.14. The fourth-order valence-electron chi connectivity index (χ4n) is 1.31. The molecule has 0 radical (unpaired) electrons. The Kier molecular flexibility index (Phi) is 5.29. The second-order valence-corrected chi connectivity index (χ2v) is 4.02. The van der Waals surface area contributed by atoms with Crippen LogP contribution in [0, 0.1) is 0 Å². The molecule has 0 spiro atoms. The minimum atomic E-state index is -0.463. The van der Waals surface area contributed by atoms with Crippen molar-refractivity contribution in [1.82, 2.24) is 0 Å². The van der Waals surface area contributed by atoms with Crippen LogP contribution in [0.1, 0.15) is 32.4 Å². The molecule has 0 amide bonds. The zero-order chi connectivity index (χ0) is 12.0. The monoisotopic (exact) mass is 224 g/mol. The van der Waals surface area contributed by atoms with Crippen LogP contribution in [0.15, 0.2) is 24.3 Å². The molecule has 0 bridgehead atoms. The van der Waals surface area contributed by atoms with E-state index in [1.807, 2.05) is 38.1 Å². The van der Waals surface area contributed by atoms with Gasteiger partial charge in [-0.15, -0.1) is 0 Å². The lowest BCUT2D eigenvalue weighted by atomic mass is 10.1. The number of hydrogen-bond acceptors (Lipinski definition) is 3. The molecule has 3 heteroatoms. The van der Waals surface area contributed by atoms with Crippen molar-refractivity contribution < 1.29 is 14.6 Å². The van der Waals surface area contributed by atoms with E-state index in [1.54, 1.807) is 6.92 Å². The van der Waals surface area contributed by atoms with Crippen molar-refractivity contribution in [3.63, 3.8) is 0 Å². The first-order valence-corrected chi connectivity index (χ1v) is 5.62. The number of rotatable bonds is 6. The summed E-state index contributed by atoms with van der Waals surface area (Å²) in [5, 5.41) is 9.41. The first-order chi connectivity index (χ1) is 7.59. The topological polar surface area (TPSA) is 38.7 Å². The highest BCUT2D eigenvalue weighted by molar-refractivity contribution is 5.29. The molecular weight excluding hydrogens is 204 g/mol. The van der Waals surface area contributed by atoms with Crippen molar-refractivity contribution in [2.45, 2.75) is 33.0 Å². The largest absolute Gasteiger partial charge is 0.491 e. The van der Waals surface area contributed by atoms with Gasteiger partial charge in [-0.05, 0) is 38.5 Å². The first kappa shape index (κ1) is 13.0. The number of aliphatic hydroxyl groups is 1. The van der Waals surface area contributed by atoms with Crippen molar-refractivity contribution >= 4 is 0 Å². The molecule has 0 aliphatic carbocycles. The lowest BCUT2D eigenvalue weighted by molar-refractivity contribution is 0.0552. The average Bonchev–Trinajstić information content (AvgIpc) is 2.24. The molecule has 16 heavy (non-hydrogen) atoms. The third kappa shape index (κ3) is 4.64. The highest BCUT2D eigenvalue weighted by Gasteiger charge is 2.02. The lowest BCUT2D eigenvalue weighted by Gasteiger charge is -2.11. The Morgan fingerprint density at radius 3 is 2.56 bits per heavy atom. The minimum absolute atomic E-state index is 0.229. The summed E-state index contributed by atoms with van der Waals surface area (Å²) in [5.74, 6) is 0.769. The van der Waals surface area contributed by atoms with Crippen LogP contribution in [0.25, 0.3) is 0 Å². The molecule has 0 saturated heterocycles. The molecule has 0 unspecified atom stereocenters. The van der Waals surface area contributed by atoms with Crippen molar-refractivity contribution in [2.24, 2.45) is 0 Å². The Morgan fingerprint density at radius 2 is 1.94 bits per heavy atom. The van der Waals surface area contributed by atoms with E-state index in [0.29, 0.717) is 13.2 Å². The Bertz CT molecular complexity index is 308. The van der Waals surface area contributed by atoms with Gasteiger partial charge >= 0.3 is 0 Å². The Morgan fingerprint density at radius 1 is 1.19 bits per heavy atom. The van der Waals surface area contributed by atoms with Gasteiger partial charge in [0.15, 0.2) is 0 Å². The van der Waals surface area contributed by atoms with Gasteiger partial charge in [-0.25, -0.2) is 0 Å². The first-order valence-electron chi connectivity index (χ1n) is 5.62. The molecule has 0 aliphatic rings. The molecule has 0 saturated carbocycles. The van der Waals surface area contributed by atoms with Gasteiger partial charge in [-0.2, -0.15) is 0 Å². The normalized spacial score (nSPS) is 12.8. The molecule has 0 aliphatic heterocycles. The highest BCUT2D eigenvalue weighted by atomic mass is 16.5. The minimum Gasteiger partial charge on any atom is -0.491 e. The van der Waals surface area contributed by atoms with E-state index in [2.05, 4.69) is 0 Å². The fraction of sp³-hybridized carbons (Fsp3) is 0.538. The summed E-state index contributed by atoms with van der Waals surface area (Å²) in [6, 6.07) is 7.48. The highest BCUT2D eigenvalue weighted by Crippen LogP contribution is 2.18. The second kappa shape index (κ2) is 6.51. The number of ether oxygens (including phenoxy) is 2. The van der Waals surface area contributed by atoms with Crippen LogP contribution in [0.2, 0.25) is 0 Å². The van der Waals surface area contributed by atoms with Crippen molar-refractivity contribution in [3.8, 4) is 5.75 Å². The Labute approximate surface area is 97.0 Å². The lowest BCUT2D eigenvalue weighted by Crippen LogP contribution is -2.11. The Hall–Kier alpha value is -1.06. The van der Waals surface area contributed by atoms with Crippen LogP contribution in [0.5, 0.6) is 5.75 Å². The van der Waals surface area contributed by atoms with Gasteiger partial charge in [0.1, 0.15) is 12.4 Å². The van der Waals surface area contributed by atoms with Gasteiger partial charge < -0.3 is 14.6 Å². The zero-order valence-corrected chi connectivity index (χ0v) is 10.1. The summed E-state index contributed by atoms with van der Waals surface area (Å²) in [6.45, 7) is 6.83. The molecule has 1 aromatic carbocycles. The SMILES string of the molecule is CC(C)OCCOc1cccc([C@H](C)O)c1. The number of hydrogen-bond donors (Lipinski definition) is 1. The predicted octanol–water partition coefficient (Wildman–Crippen LogP) is 2.54. The molecule has 90 valence electrons. The molecule has 0 heterocycles. The van der Waals surface area contributed by atoms with Gasteiger partial charge in [0, 0.05) is 0 Å². The summed E-state index contributed by atoms with van der Waals surface area (Å²) >= 11 is 0. The van der Waals surface area contributed by atoms with Crippen molar-refractivity contribution in [3.05, 3.63) is 29.8 Å². The maximum Gasteiger partial charge on any atom is 0.119 e. The smallest absolute Gasteiger partial charge is 0.119 e. The van der Waals surface area contributed by atoms with Gasteiger partial charge in [0.2, 0.25) is 0 Å². The fourth-order valence-corrected chi connectivity index (χ4v) is 1.31. The molecule has 0 aromatic heterocycles. The summed E-state index contributed by atoms with van der Waals surface area (Å²) in [5.41, 5.74) is 0.863. The summed E-state index contributed by atoms with van der Waals surface area (Å²) in [6.07, 6.45) is -0.233. The van der Waals surface area contributed by atoms with E-state index in [1.165, 1.54) is 0 Å². The van der Waals surface area contributed by atoms with Crippen LogP contribution in [0.3, 0.4) is 0 Å². The van der Waals surface area contributed by atoms with E-state index < -0.39 is 6.10 Å². The summed E-state index contributed by atoms with van der Waals surface area (Å²) < 4.78 is 10.9. The molecule has 1 rings (SSSR count). The van der Waals surface area contributed by atoms with Crippen LogP contribution >= 0.6 is 0 Å². The van der Waals surface area contributed by atoms with Crippen LogP contribution < -0.4 is 4.74 Å². The number of benzene rings is 1. The van der Waals surface area contributed by atoms with E-state index in [0.717, 1.165) is 11.3 Å². The molecule has 1 aromatic rings. The maximum absolute atomic E-state index is 9.41. The third-order valence-corrected chi connectivity index (χ3v) is 2.14. The van der Waals surface area contributed by atoms with E-state index in [4.69, 9.17) is 9.47 Å². The van der Waals surface area contributed by atoms with Crippen LogP contribution in [-0.4, -0.2) is 24.4 Å². The maximum atomic E-state index is 9.41. The Balaban J connectivity index is 2.39. The van der Waals surface area contributed by atoms with Crippen LogP contribution in [0.4, 0.5) is 0 Å². The van der Waals surface area contributed by atoms with Gasteiger partial charge in [-0.3, -0.25) is 0 Å². The van der Waals surface area contributed by atoms with Crippen LogP contribution in [-0.2, 0) is 4.74 Å². The quantitative estimate of drug-likeness (QED) is 0.755. The molecule has 3 nitrogen and oxygen atoms in total. The van der Waals surface area contributed by atoms with E-state index >= 15 is 0 Å². The van der Waals surface area contributed by atoms with E-state index in [-0.39, 0.29) is 6.10 Å². The standard InChI is InChI=1S/C13H20O3/c1-10(2)15-7-8-16-13-6-4-5-12(9-13)11(3)14/h4-6,9-11,14H,7-8H2,1-3H3/t11-/m0/s1. The van der Waals surface area contributed by atoms with Gasteiger partial charge in [0.25, 0.3) is 0 Å². The second-order valence-electron chi connectivity index (χ2n) is 4.02. The van der Waals surface area contributed by atoms with Crippen molar-refractivity contribution in [2.75, 3.05) is 13.2 Å². The van der Waals surface area contributed by atoms with Gasteiger partial charge in [0.05, 0.1) is 18.8 Å². The molecule has 1 atom stereocenters. The average molecular weight is 224 g/mol. The molecule has 1 N–H and O–H groups in total. The summed E-state index contributed by atoms with van der Waals surface area (Å²) in [4.78, 5) is 0. The summed E-state index contributed by atoms with van der Waals surface area (Å²) in [7, 11) is 0. The van der Waals surface area contributed by atoms with E-state index in [9.17, 15) is 5.11 Å². The van der Waals surface area contributed by atoms with Gasteiger partial charge in [-0.1, -0.05) is 12.1 Å². The zero-order valence-electron chi connectivity index (χ0n) is 10.1.